The highest BCUT2D eigenvalue weighted by Gasteiger charge is 2.10. The average Bonchev–Trinajstić information content (AvgIpc) is 2.43. The Hall–Kier alpha value is -1.97. The van der Waals surface area contributed by atoms with Crippen molar-refractivity contribution >= 4 is 6.09 Å². The van der Waals surface area contributed by atoms with Gasteiger partial charge in [-0.3, -0.25) is 0 Å². The molecule has 0 aliphatic rings. The lowest BCUT2D eigenvalue weighted by molar-refractivity contribution is 0.155. The zero-order valence-electron chi connectivity index (χ0n) is 12.4. The van der Waals surface area contributed by atoms with Crippen molar-refractivity contribution in [3.63, 3.8) is 0 Å². The van der Waals surface area contributed by atoms with Crippen molar-refractivity contribution in [1.29, 1.82) is 0 Å². The summed E-state index contributed by atoms with van der Waals surface area (Å²) in [5.74, 6) is 1.33. The summed E-state index contributed by atoms with van der Waals surface area (Å²) in [6, 6.07) is 7.57. The molecule has 1 rings (SSSR count). The molecule has 0 radical (unpaired) electrons. The Kier molecular flexibility index (Phi) is 6.64. The lowest BCUT2D eigenvalue weighted by Gasteiger charge is -2.15. The molecule has 0 unspecified atom stereocenters. The summed E-state index contributed by atoms with van der Waals surface area (Å²) in [5.41, 5.74) is 0.998. The number of benzene rings is 1. The normalized spacial score (nSPS) is 11.8. The fourth-order valence-electron chi connectivity index (χ4n) is 1.55. The van der Waals surface area contributed by atoms with Gasteiger partial charge >= 0.3 is 6.09 Å². The van der Waals surface area contributed by atoms with Gasteiger partial charge in [0.1, 0.15) is 12.4 Å². The van der Waals surface area contributed by atoms with Gasteiger partial charge in [0.25, 0.3) is 0 Å². The third-order valence-corrected chi connectivity index (χ3v) is 2.63. The van der Waals surface area contributed by atoms with E-state index in [1.165, 1.54) is 6.08 Å². The molecule has 0 saturated carbocycles. The van der Waals surface area contributed by atoms with E-state index in [4.69, 9.17) is 9.47 Å². The van der Waals surface area contributed by atoms with Gasteiger partial charge in [0.2, 0.25) is 0 Å². The fourth-order valence-corrected chi connectivity index (χ4v) is 1.55. The van der Waals surface area contributed by atoms with E-state index in [-0.39, 0.29) is 12.6 Å². The van der Waals surface area contributed by atoms with Crippen LogP contribution in [0.2, 0.25) is 0 Å². The van der Waals surface area contributed by atoms with E-state index >= 15 is 0 Å². The minimum Gasteiger partial charge on any atom is -0.493 e. The highest BCUT2D eigenvalue weighted by Crippen LogP contribution is 2.18. The topological polar surface area (TPSA) is 47.6 Å². The maximum absolute atomic E-state index is 11.4. The minimum atomic E-state index is -0.447. The van der Waals surface area contributed by atoms with E-state index in [0.717, 1.165) is 11.3 Å². The second-order valence-electron chi connectivity index (χ2n) is 5.03. The zero-order valence-corrected chi connectivity index (χ0v) is 12.4. The highest BCUT2D eigenvalue weighted by atomic mass is 16.5. The van der Waals surface area contributed by atoms with Crippen molar-refractivity contribution in [3.05, 3.63) is 42.5 Å². The second-order valence-corrected chi connectivity index (χ2v) is 5.03. The first-order valence-electron chi connectivity index (χ1n) is 6.80. The number of hydrogen-bond acceptors (Lipinski definition) is 3. The van der Waals surface area contributed by atoms with Crippen LogP contribution in [0.25, 0.3) is 0 Å². The van der Waals surface area contributed by atoms with E-state index in [1.54, 1.807) is 0 Å². The molecule has 0 aliphatic heterocycles. The largest absolute Gasteiger partial charge is 0.493 e. The van der Waals surface area contributed by atoms with Gasteiger partial charge in [-0.1, -0.05) is 38.6 Å². The second kappa shape index (κ2) is 8.25. The van der Waals surface area contributed by atoms with Crippen LogP contribution in [0.15, 0.2) is 36.9 Å². The SMILES string of the molecule is C=CCOC(=O)N[C@@H](C)c1ccc(OCC(C)C)cc1. The number of alkyl carbamates (subject to hydrolysis) is 1. The first-order valence-corrected chi connectivity index (χ1v) is 6.80. The average molecular weight is 277 g/mol. The summed E-state index contributed by atoms with van der Waals surface area (Å²) in [7, 11) is 0. The molecule has 1 atom stereocenters. The van der Waals surface area contributed by atoms with Crippen molar-refractivity contribution in [2.45, 2.75) is 26.8 Å². The van der Waals surface area contributed by atoms with Crippen LogP contribution < -0.4 is 10.1 Å². The summed E-state index contributed by atoms with van der Waals surface area (Å²) in [4.78, 5) is 11.4. The van der Waals surface area contributed by atoms with Crippen LogP contribution >= 0.6 is 0 Å². The van der Waals surface area contributed by atoms with Crippen LogP contribution in [0, 0.1) is 5.92 Å². The summed E-state index contributed by atoms with van der Waals surface area (Å²) in [6.07, 6.45) is 1.09. The molecule has 0 saturated heterocycles. The first kappa shape index (κ1) is 16.1. The number of rotatable bonds is 7. The van der Waals surface area contributed by atoms with Gasteiger partial charge in [-0.25, -0.2) is 4.79 Å². The number of carbonyl (C=O) groups is 1. The number of ether oxygens (including phenoxy) is 2. The summed E-state index contributed by atoms with van der Waals surface area (Å²) in [5, 5.41) is 2.75. The molecule has 4 heteroatoms. The van der Waals surface area contributed by atoms with E-state index in [1.807, 2.05) is 31.2 Å². The highest BCUT2D eigenvalue weighted by molar-refractivity contribution is 5.67. The molecule has 0 aromatic heterocycles. The first-order chi connectivity index (χ1) is 9.52. The maximum Gasteiger partial charge on any atom is 0.407 e. The zero-order chi connectivity index (χ0) is 15.0. The molecule has 1 aromatic carbocycles. The Bertz CT molecular complexity index is 426. The fraction of sp³-hybridized carbons (Fsp3) is 0.438. The van der Waals surface area contributed by atoms with Gasteiger partial charge in [0, 0.05) is 0 Å². The van der Waals surface area contributed by atoms with Gasteiger partial charge in [-0.05, 0) is 30.5 Å². The molecule has 4 nitrogen and oxygen atoms in total. The van der Waals surface area contributed by atoms with Gasteiger partial charge in [0.05, 0.1) is 12.6 Å². The summed E-state index contributed by atoms with van der Waals surface area (Å²) in [6.45, 7) is 10.5. The van der Waals surface area contributed by atoms with Crippen LogP contribution in [0.1, 0.15) is 32.4 Å². The van der Waals surface area contributed by atoms with Crippen LogP contribution in [0.3, 0.4) is 0 Å². The van der Waals surface area contributed by atoms with Crippen molar-refractivity contribution < 1.29 is 14.3 Å². The summed E-state index contributed by atoms with van der Waals surface area (Å²) >= 11 is 0. The molecular weight excluding hydrogens is 254 g/mol. The van der Waals surface area contributed by atoms with Crippen LogP contribution in [-0.2, 0) is 4.74 Å². The molecule has 20 heavy (non-hydrogen) atoms. The summed E-state index contributed by atoms with van der Waals surface area (Å²) < 4.78 is 10.5. The van der Waals surface area contributed by atoms with Gasteiger partial charge in [-0.2, -0.15) is 0 Å². The van der Waals surface area contributed by atoms with Crippen molar-refractivity contribution in [1.82, 2.24) is 5.32 Å². The number of nitrogens with one attached hydrogen (secondary N) is 1. The minimum absolute atomic E-state index is 0.119. The number of carbonyl (C=O) groups excluding carboxylic acids is 1. The van der Waals surface area contributed by atoms with Gasteiger partial charge in [-0.15, -0.1) is 0 Å². The number of amides is 1. The van der Waals surface area contributed by atoms with Crippen LogP contribution in [-0.4, -0.2) is 19.3 Å². The molecule has 1 N–H and O–H groups in total. The predicted octanol–water partition coefficient (Wildman–Crippen LogP) is 3.69. The third-order valence-electron chi connectivity index (χ3n) is 2.63. The van der Waals surface area contributed by atoms with E-state index in [2.05, 4.69) is 25.7 Å². The standard InChI is InChI=1S/C16H23NO3/c1-5-10-19-16(18)17-13(4)14-6-8-15(9-7-14)20-11-12(2)3/h5-9,12-13H,1,10-11H2,2-4H3,(H,17,18)/t13-/m0/s1. The lowest BCUT2D eigenvalue weighted by atomic mass is 10.1. The molecule has 1 aromatic rings. The van der Waals surface area contributed by atoms with Crippen LogP contribution in [0.5, 0.6) is 5.75 Å². The van der Waals surface area contributed by atoms with Gasteiger partial charge < -0.3 is 14.8 Å². The lowest BCUT2D eigenvalue weighted by Crippen LogP contribution is -2.27. The molecule has 110 valence electrons. The third kappa shape index (κ3) is 5.78. The van der Waals surface area contributed by atoms with E-state index in [0.29, 0.717) is 12.5 Å². The molecule has 1 amide bonds. The monoisotopic (exact) mass is 277 g/mol. The Labute approximate surface area is 120 Å². The van der Waals surface area contributed by atoms with Crippen molar-refractivity contribution in [2.24, 2.45) is 5.92 Å². The number of hydrogen-bond donors (Lipinski definition) is 1. The van der Waals surface area contributed by atoms with Crippen LogP contribution in [0.4, 0.5) is 4.79 Å². The maximum atomic E-state index is 11.4. The molecule has 0 heterocycles. The van der Waals surface area contributed by atoms with Crippen molar-refractivity contribution in [2.75, 3.05) is 13.2 Å². The Morgan fingerprint density at radius 2 is 1.95 bits per heavy atom. The smallest absolute Gasteiger partial charge is 0.407 e. The van der Waals surface area contributed by atoms with E-state index in [9.17, 15) is 4.79 Å². The Balaban J connectivity index is 2.50. The molecule has 0 fully saturated rings. The quantitative estimate of drug-likeness (QED) is 0.773. The van der Waals surface area contributed by atoms with Gasteiger partial charge in [0.15, 0.2) is 0 Å². The molecule has 0 spiro atoms. The Morgan fingerprint density at radius 3 is 2.50 bits per heavy atom. The molecule has 0 aliphatic carbocycles. The molecule has 0 bridgehead atoms. The van der Waals surface area contributed by atoms with E-state index < -0.39 is 6.09 Å². The predicted molar refractivity (Wildman–Crippen MR) is 79.9 cm³/mol. The Morgan fingerprint density at radius 1 is 1.30 bits per heavy atom. The van der Waals surface area contributed by atoms with Crippen molar-refractivity contribution in [3.8, 4) is 5.75 Å². The molecular formula is C16H23NO3.